The minimum Gasteiger partial charge on any atom is -0.369 e. The summed E-state index contributed by atoms with van der Waals surface area (Å²) in [5.41, 5.74) is -0.0554. The van der Waals surface area contributed by atoms with Crippen molar-refractivity contribution in [1.82, 2.24) is 0 Å². The Bertz CT molecular complexity index is 418. The zero-order valence-corrected chi connectivity index (χ0v) is 10.7. The Hall–Kier alpha value is -0.210. The van der Waals surface area contributed by atoms with Crippen molar-refractivity contribution in [2.75, 3.05) is 11.2 Å². The molecule has 0 aliphatic heterocycles. The van der Waals surface area contributed by atoms with Crippen LogP contribution in [0.2, 0.25) is 0 Å². The van der Waals surface area contributed by atoms with Crippen molar-refractivity contribution in [2.45, 2.75) is 0 Å². The monoisotopic (exact) mass is 246 g/mol. The van der Waals surface area contributed by atoms with E-state index in [0.29, 0.717) is 6.07 Å². The number of rotatable bonds is 3. The van der Waals surface area contributed by atoms with E-state index in [9.17, 15) is 17.2 Å². The molecular formula is C7H7F2NNaO3S+. The first-order chi connectivity index (χ1) is 6.37. The third-order valence-corrected chi connectivity index (χ3v) is 1.83. The van der Waals surface area contributed by atoms with Gasteiger partial charge in [-0.2, -0.15) is 8.42 Å². The molecule has 0 aliphatic carbocycles. The molecule has 1 rings (SSSR count). The van der Waals surface area contributed by atoms with E-state index in [4.69, 9.17) is 4.55 Å². The van der Waals surface area contributed by atoms with Crippen LogP contribution in [-0.4, -0.2) is 18.8 Å². The Morgan fingerprint density at radius 2 is 1.67 bits per heavy atom. The molecule has 0 saturated carbocycles. The van der Waals surface area contributed by atoms with Gasteiger partial charge in [-0.15, -0.1) is 0 Å². The second-order valence-corrected chi connectivity index (χ2v) is 4.01. The van der Waals surface area contributed by atoms with E-state index < -0.39 is 27.6 Å². The maximum atomic E-state index is 12.6. The van der Waals surface area contributed by atoms with Gasteiger partial charge in [0.05, 0.1) is 0 Å². The average Bonchev–Trinajstić information content (AvgIpc) is 1.97. The predicted molar refractivity (Wildman–Crippen MR) is 46.4 cm³/mol. The number of hydrogen-bond donors (Lipinski definition) is 2. The SMILES string of the molecule is O=S(=O)(O)CNc1cc(F)cc(F)c1.[Na+]. The van der Waals surface area contributed by atoms with E-state index in [2.05, 4.69) is 5.32 Å². The van der Waals surface area contributed by atoms with Crippen LogP contribution in [0.25, 0.3) is 0 Å². The molecule has 4 nitrogen and oxygen atoms in total. The number of hydrogen-bond acceptors (Lipinski definition) is 3. The van der Waals surface area contributed by atoms with Gasteiger partial charge in [-0.1, -0.05) is 0 Å². The van der Waals surface area contributed by atoms with E-state index in [-0.39, 0.29) is 35.2 Å². The van der Waals surface area contributed by atoms with Crippen LogP contribution in [0.4, 0.5) is 14.5 Å². The van der Waals surface area contributed by atoms with Crippen molar-refractivity contribution in [3.63, 3.8) is 0 Å². The van der Waals surface area contributed by atoms with Crippen LogP contribution < -0.4 is 34.9 Å². The summed E-state index contributed by atoms with van der Waals surface area (Å²) in [5.74, 6) is -2.46. The van der Waals surface area contributed by atoms with E-state index in [0.717, 1.165) is 12.1 Å². The molecule has 0 amide bonds. The smallest absolute Gasteiger partial charge is 0.369 e. The number of anilines is 1. The molecular weight excluding hydrogens is 239 g/mol. The summed E-state index contributed by atoms with van der Waals surface area (Å²) in [4.78, 5) is 0. The van der Waals surface area contributed by atoms with Crippen LogP contribution in [0, 0.1) is 11.6 Å². The Kier molecular flexibility index (Phi) is 5.68. The number of halogens is 2. The Morgan fingerprint density at radius 1 is 1.20 bits per heavy atom. The molecule has 0 aromatic heterocycles. The fourth-order valence-corrected chi connectivity index (χ4v) is 1.18. The molecule has 0 unspecified atom stereocenters. The molecule has 0 fully saturated rings. The summed E-state index contributed by atoms with van der Waals surface area (Å²) >= 11 is 0. The van der Waals surface area contributed by atoms with E-state index in [1.165, 1.54) is 0 Å². The van der Waals surface area contributed by atoms with Gasteiger partial charge < -0.3 is 5.32 Å². The third-order valence-electron chi connectivity index (χ3n) is 1.32. The van der Waals surface area contributed by atoms with Crippen molar-refractivity contribution in [3.05, 3.63) is 29.8 Å². The molecule has 15 heavy (non-hydrogen) atoms. The van der Waals surface area contributed by atoms with Gasteiger partial charge in [0.15, 0.2) is 0 Å². The predicted octanol–water partition coefficient (Wildman–Crippen LogP) is -1.77. The van der Waals surface area contributed by atoms with Gasteiger partial charge in [0.2, 0.25) is 0 Å². The quantitative estimate of drug-likeness (QED) is 0.489. The number of benzene rings is 1. The molecule has 0 atom stereocenters. The molecule has 1 aromatic carbocycles. The largest absolute Gasteiger partial charge is 1.00 e. The summed E-state index contributed by atoms with van der Waals surface area (Å²) in [6, 6.07) is 2.47. The zero-order valence-electron chi connectivity index (χ0n) is 7.87. The minimum atomic E-state index is -4.20. The molecule has 0 bridgehead atoms. The van der Waals surface area contributed by atoms with Gasteiger partial charge in [-0.05, 0) is 12.1 Å². The van der Waals surface area contributed by atoms with Crippen LogP contribution in [0.15, 0.2) is 18.2 Å². The van der Waals surface area contributed by atoms with Crippen LogP contribution in [-0.2, 0) is 10.1 Å². The molecule has 8 heteroatoms. The fraction of sp³-hybridized carbons (Fsp3) is 0.143. The van der Waals surface area contributed by atoms with Crippen LogP contribution in [0.5, 0.6) is 0 Å². The minimum absolute atomic E-state index is 0. The van der Waals surface area contributed by atoms with Gasteiger partial charge in [-0.25, -0.2) is 8.78 Å². The Morgan fingerprint density at radius 3 is 2.07 bits per heavy atom. The van der Waals surface area contributed by atoms with Crippen molar-refractivity contribution in [1.29, 1.82) is 0 Å². The van der Waals surface area contributed by atoms with Crippen molar-refractivity contribution in [3.8, 4) is 0 Å². The van der Waals surface area contributed by atoms with E-state index >= 15 is 0 Å². The summed E-state index contributed by atoms with van der Waals surface area (Å²) in [7, 11) is -4.20. The summed E-state index contributed by atoms with van der Waals surface area (Å²) in [5, 5.41) is 2.15. The van der Waals surface area contributed by atoms with Gasteiger partial charge in [0, 0.05) is 11.8 Å². The maximum absolute atomic E-state index is 12.6. The van der Waals surface area contributed by atoms with E-state index in [1.807, 2.05) is 0 Å². The maximum Gasteiger partial charge on any atom is 1.00 e. The molecule has 0 aliphatic rings. The van der Waals surface area contributed by atoms with Gasteiger partial charge in [-0.3, -0.25) is 4.55 Å². The van der Waals surface area contributed by atoms with Crippen LogP contribution >= 0.6 is 0 Å². The van der Waals surface area contributed by atoms with Crippen molar-refractivity contribution in [2.24, 2.45) is 0 Å². The summed E-state index contributed by atoms with van der Waals surface area (Å²) < 4.78 is 54.0. The first kappa shape index (κ1) is 14.8. The van der Waals surface area contributed by atoms with Gasteiger partial charge >= 0.3 is 29.6 Å². The normalized spacial score (nSPS) is 10.6. The fourth-order valence-electron chi connectivity index (χ4n) is 0.830. The summed E-state index contributed by atoms with van der Waals surface area (Å²) in [6.45, 7) is 0. The van der Waals surface area contributed by atoms with Gasteiger partial charge in [0.1, 0.15) is 17.5 Å². The van der Waals surface area contributed by atoms with Crippen LogP contribution in [0.3, 0.4) is 0 Å². The Balaban J connectivity index is 0.00000196. The molecule has 0 saturated heterocycles. The average molecular weight is 246 g/mol. The molecule has 0 spiro atoms. The molecule has 1 aromatic rings. The molecule has 2 N–H and O–H groups in total. The standard InChI is InChI=1S/C7H7F2NO3S.Na/c8-5-1-6(9)3-7(2-5)10-4-14(11,12)13;/h1-3,10H,4H2,(H,11,12,13);/q;+1. The number of nitrogens with one attached hydrogen (secondary N) is 1. The van der Waals surface area contributed by atoms with Crippen molar-refractivity contribution >= 4 is 15.8 Å². The summed E-state index contributed by atoms with van der Waals surface area (Å²) in [6.07, 6.45) is 0. The molecule has 0 heterocycles. The van der Waals surface area contributed by atoms with Crippen molar-refractivity contribution < 1.29 is 51.3 Å². The molecule has 78 valence electrons. The van der Waals surface area contributed by atoms with Crippen LogP contribution in [0.1, 0.15) is 0 Å². The first-order valence-corrected chi connectivity index (χ1v) is 5.13. The molecule has 0 radical (unpaired) electrons. The zero-order chi connectivity index (χ0) is 10.8. The topological polar surface area (TPSA) is 66.4 Å². The Labute approximate surface area is 108 Å². The third kappa shape index (κ3) is 6.06. The second kappa shape index (κ2) is 5.76. The second-order valence-electron chi connectivity index (χ2n) is 2.56. The first-order valence-electron chi connectivity index (χ1n) is 3.52. The van der Waals surface area contributed by atoms with Gasteiger partial charge in [0.25, 0.3) is 10.1 Å². The van der Waals surface area contributed by atoms with E-state index in [1.54, 1.807) is 0 Å².